The maximum atomic E-state index is 12.1. The van der Waals surface area contributed by atoms with E-state index in [9.17, 15) is 9.59 Å². The van der Waals surface area contributed by atoms with Crippen molar-refractivity contribution in [3.05, 3.63) is 0 Å². The highest BCUT2D eigenvalue weighted by atomic mass is 16.4. The Kier molecular flexibility index (Phi) is 6.20. The molecule has 2 aliphatic rings. The minimum absolute atomic E-state index is 0.110. The van der Waals surface area contributed by atoms with Crippen LogP contribution in [0.3, 0.4) is 0 Å². The van der Waals surface area contributed by atoms with Crippen molar-refractivity contribution in [1.29, 1.82) is 0 Å². The quantitative estimate of drug-likeness (QED) is 0.785. The summed E-state index contributed by atoms with van der Waals surface area (Å²) in [4.78, 5) is 27.2. The lowest BCUT2D eigenvalue weighted by Gasteiger charge is -2.36. The molecule has 1 saturated heterocycles. The van der Waals surface area contributed by atoms with E-state index in [0.717, 1.165) is 25.9 Å². The molecule has 1 saturated carbocycles. The van der Waals surface area contributed by atoms with E-state index in [4.69, 9.17) is 5.11 Å². The van der Waals surface area contributed by atoms with Gasteiger partial charge in [0.05, 0.1) is 6.54 Å². The molecule has 2 N–H and O–H groups in total. The van der Waals surface area contributed by atoms with Gasteiger partial charge in [-0.1, -0.05) is 19.8 Å². The van der Waals surface area contributed by atoms with E-state index in [1.807, 2.05) is 4.90 Å². The Morgan fingerprint density at radius 3 is 2.50 bits per heavy atom. The molecule has 0 aromatic rings. The number of nitrogens with one attached hydrogen (secondary N) is 1. The highest BCUT2D eigenvalue weighted by molar-refractivity contribution is 5.78. The van der Waals surface area contributed by atoms with Crippen molar-refractivity contribution in [2.45, 2.75) is 51.6 Å². The second-order valence-corrected chi connectivity index (χ2v) is 6.86. The molecule has 6 heteroatoms. The summed E-state index contributed by atoms with van der Waals surface area (Å²) in [6.07, 6.45) is 4.67. The molecule has 6 nitrogen and oxygen atoms in total. The topological polar surface area (TPSA) is 72.9 Å². The average Bonchev–Trinajstić information content (AvgIpc) is 2.47. The number of carboxylic acid groups (broad SMARTS) is 1. The second kappa shape index (κ2) is 7.92. The van der Waals surface area contributed by atoms with Crippen LogP contribution in [0, 0.1) is 5.92 Å². The SMILES string of the molecule is C[C@@H]1CCC[C@H](NC(=O)CN2CCN([C@H](C)C(=O)O)CC2)C1. The van der Waals surface area contributed by atoms with Gasteiger partial charge in [-0.3, -0.25) is 19.4 Å². The van der Waals surface area contributed by atoms with E-state index >= 15 is 0 Å². The zero-order valence-corrected chi connectivity index (χ0v) is 13.8. The lowest BCUT2D eigenvalue weighted by atomic mass is 9.87. The fourth-order valence-corrected chi connectivity index (χ4v) is 3.51. The first kappa shape index (κ1) is 17.2. The van der Waals surface area contributed by atoms with Crippen LogP contribution in [0.15, 0.2) is 0 Å². The van der Waals surface area contributed by atoms with Gasteiger partial charge in [-0.2, -0.15) is 0 Å². The summed E-state index contributed by atoms with van der Waals surface area (Å²) in [7, 11) is 0. The summed E-state index contributed by atoms with van der Waals surface area (Å²) in [5.41, 5.74) is 0. The maximum Gasteiger partial charge on any atom is 0.320 e. The van der Waals surface area contributed by atoms with E-state index in [1.165, 1.54) is 12.8 Å². The zero-order chi connectivity index (χ0) is 16.1. The van der Waals surface area contributed by atoms with Crippen molar-refractivity contribution in [3.63, 3.8) is 0 Å². The van der Waals surface area contributed by atoms with E-state index in [-0.39, 0.29) is 5.91 Å². The van der Waals surface area contributed by atoms with E-state index < -0.39 is 12.0 Å². The number of carbonyl (C=O) groups is 2. The molecule has 1 aliphatic heterocycles. The zero-order valence-electron chi connectivity index (χ0n) is 13.8. The highest BCUT2D eigenvalue weighted by Crippen LogP contribution is 2.23. The average molecular weight is 311 g/mol. The van der Waals surface area contributed by atoms with Gasteiger partial charge >= 0.3 is 5.97 Å². The molecular weight excluding hydrogens is 282 g/mol. The van der Waals surface area contributed by atoms with Gasteiger partial charge in [-0.05, 0) is 25.7 Å². The number of hydrogen-bond acceptors (Lipinski definition) is 4. The van der Waals surface area contributed by atoms with Gasteiger partial charge in [0.1, 0.15) is 6.04 Å². The third-order valence-corrected chi connectivity index (χ3v) is 4.98. The largest absolute Gasteiger partial charge is 0.480 e. The van der Waals surface area contributed by atoms with Crippen LogP contribution in [0.25, 0.3) is 0 Å². The van der Waals surface area contributed by atoms with Gasteiger partial charge in [0.15, 0.2) is 0 Å². The molecule has 22 heavy (non-hydrogen) atoms. The lowest BCUT2D eigenvalue weighted by Crippen LogP contribution is -2.54. The van der Waals surface area contributed by atoms with E-state index in [2.05, 4.69) is 17.1 Å². The van der Waals surface area contributed by atoms with Gasteiger partial charge < -0.3 is 10.4 Å². The molecule has 1 heterocycles. The Balaban J connectivity index is 1.69. The van der Waals surface area contributed by atoms with Gasteiger partial charge in [0.25, 0.3) is 0 Å². The number of piperazine rings is 1. The molecule has 0 spiro atoms. The van der Waals surface area contributed by atoms with Gasteiger partial charge in [-0.25, -0.2) is 0 Å². The Morgan fingerprint density at radius 2 is 1.91 bits per heavy atom. The number of amides is 1. The molecule has 2 rings (SSSR count). The molecule has 0 aromatic heterocycles. The van der Waals surface area contributed by atoms with Gasteiger partial charge in [-0.15, -0.1) is 0 Å². The Bertz CT molecular complexity index is 394. The van der Waals surface area contributed by atoms with Crippen molar-refractivity contribution in [2.24, 2.45) is 5.92 Å². The number of carboxylic acids is 1. The lowest BCUT2D eigenvalue weighted by molar-refractivity contribution is -0.143. The first-order valence-corrected chi connectivity index (χ1v) is 8.44. The normalized spacial score (nSPS) is 29.0. The predicted molar refractivity (Wildman–Crippen MR) is 84.7 cm³/mol. The fraction of sp³-hybridized carbons (Fsp3) is 0.875. The third kappa shape index (κ3) is 4.95. The molecule has 0 bridgehead atoms. The first-order chi connectivity index (χ1) is 10.5. The van der Waals surface area contributed by atoms with Crippen LogP contribution in [-0.4, -0.2) is 71.6 Å². The number of nitrogens with zero attached hydrogens (tertiary/aromatic N) is 2. The molecule has 3 atom stereocenters. The van der Waals surface area contributed by atoms with Crippen molar-refractivity contribution >= 4 is 11.9 Å². The van der Waals surface area contributed by atoms with Crippen LogP contribution in [0.5, 0.6) is 0 Å². The van der Waals surface area contributed by atoms with Crippen LogP contribution in [-0.2, 0) is 9.59 Å². The number of rotatable bonds is 5. The summed E-state index contributed by atoms with van der Waals surface area (Å²) in [6, 6.07) is -0.107. The van der Waals surface area contributed by atoms with Crippen molar-refractivity contribution in [3.8, 4) is 0 Å². The van der Waals surface area contributed by atoms with Crippen molar-refractivity contribution in [1.82, 2.24) is 15.1 Å². The minimum atomic E-state index is -0.780. The second-order valence-electron chi connectivity index (χ2n) is 6.86. The van der Waals surface area contributed by atoms with Crippen LogP contribution >= 0.6 is 0 Å². The van der Waals surface area contributed by atoms with Crippen LogP contribution in [0.4, 0.5) is 0 Å². The van der Waals surface area contributed by atoms with Crippen molar-refractivity contribution in [2.75, 3.05) is 32.7 Å². The minimum Gasteiger partial charge on any atom is -0.480 e. The molecule has 126 valence electrons. The number of carbonyl (C=O) groups excluding carboxylic acids is 1. The van der Waals surface area contributed by atoms with Gasteiger partial charge in [0.2, 0.25) is 5.91 Å². The fourth-order valence-electron chi connectivity index (χ4n) is 3.51. The monoisotopic (exact) mass is 311 g/mol. The van der Waals surface area contributed by atoms with Crippen molar-refractivity contribution < 1.29 is 14.7 Å². The summed E-state index contributed by atoms with van der Waals surface area (Å²) >= 11 is 0. The summed E-state index contributed by atoms with van der Waals surface area (Å²) in [5, 5.41) is 12.2. The third-order valence-electron chi connectivity index (χ3n) is 4.98. The molecule has 1 amide bonds. The predicted octanol–water partition coefficient (Wildman–Crippen LogP) is 0.772. The maximum absolute atomic E-state index is 12.1. The van der Waals surface area contributed by atoms with Crippen LogP contribution in [0.2, 0.25) is 0 Å². The van der Waals surface area contributed by atoms with E-state index in [0.29, 0.717) is 31.6 Å². The highest BCUT2D eigenvalue weighted by Gasteiger charge is 2.26. The molecular formula is C16H29N3O3. The summed E-state index contributed by atoms with van der Waals surface area (Å²) in [5.74, 6) is 0.0385. The first-order valence-electron chi connectivity index (χ1n) is 8.44. The molecule has 1 aliphatic carbocycles. The number of hydrogen-bond donors (Lipinski definition) is 2. The van der Waals surface area contributed by atoms with Gasteiger partial charge in [0, 0.05) is 32.2 Å². The molecule has 0 radical (unpaired) electrons. The smallest absolute Gasteiger partial charge is 0.320 e. The molecule has 2 fully saturated rings. The standard InChI is InChI=1S/C16H29N3O3/c1-12-4-3-5-14(10-12)17-15(20)11-18-6-8-19(9-7-18)13(2)16(21)22/h12-14H,3-11H2,1-2H3,(H,17,20)(H,21,22)/t12-,13-,14+/m1/s1. The Morgan fingerprint density at radius 1 is 1.23 bits per heavy atom. The number of aliphatic carboxylic acids is 1. The van der Waals surface area contributed by atoms with Crippen LogP contribution < -0.4 is 5.32 Å². The molecule has 0 unspecified atom stereocenters. The summed E-state index contributed by atoms with van der Waals surface area (Å²) in [6.45, 7) is 7.33. The van der Waals surface area contributed by atoms with E-state index in [1.54, 1.807) is 6.92 Å². The van der Waals surface area contributed by atoms with Crippen LogP contribution in [0.1, 0.15) is 39.5 Å². The Labute approximate surface area is 132 Å². The molecule has 0 aromatic carbocycles. The Hall–Kier alpha value is -1.14. The summed E-state index contributed by atoms with van der Waals surface area (Å²) < 4.78 is 0.